The molecule has 5 nitrogen and oxygen atoms in total. The molecule has 2 atom stereocenters. The number of anilines is 2. The lowest BCUT2D eigenvalue weighted by atomic mass is 9.92. The summed E-state index contributed by atoms with van der Waals surface area (Å²) in [5, 5.41) is 6.42. The van der Waals surface area contributed by atoms with Crippen LogP contribution in [-0.2, 0) is 0 Å². The van der Waals surface area contributed by atoms with E-state index in [0.29, 0.717) is 28.9 Å². The van der Waals surface area contributed by atoms with Gasteiger partial charge in [0.05, 0.1) is 11.3 Å². The Balaban J connectivity index is 0.00000140. The molecule has 2 aliphatic rings. The Bertz CT molecular complexity index is 793. The largest absolute Gasteiger partial charge is 0.339 e. The number of likely N-dealkylation sites (tertiary alicyclic amines) is 1. The van der Waals surface area contributed by atoms with Crippen molar-refractivity contribution in [3.05, 3.63) is 54.0 Å². The van der Waals surface area contributed by atoms with E-state index in [1.807, 2.05) is 4.90 Å². The lowest BCUT2D eigenvalue weighted by molar-refractivity contribution is 0.0759. The highest BCUT2D eigenvalue weighted by atomic mass is 35.5. The number of nitrogens with zero attached hydrogens (tertiary/aromatic N) is 2. The summed E-state index contributed by atoms with van der Waals surface area (Å²) >= 11 is 0. The lowest BCUT2D eigenvalue weighted by Crippen LogP contribution is -2.33. The van der Waals surface area contributed by atoms with Crippen LogP contribution in [0.2, 0.25) is 0 Å². The number of fused-ring (bicyclic) bond motifs is 1. The van der Waals surface area contributed by atoms with Crippen molar-refractivity contribution in [2.45, 2.75) is 12.8 Å². The Morgan fingerprint density at radius 1 is 1.07 bits per heavy atom. The minimum atomic E-state index is -0.369. The zero-order valence-corrected chi connectivity index (χ0v) is 17.1. The molecule has 2 N–H and O–H groups in total. The molecule has 2 saturated heterocycles. The molecule has 1 aromatic heterocycles. The number of halogens is 3. The molecule has 2 aliphatic heterocycles. The van der Waals surface area contributed by atoms with Crippen LogP contribution in [0.4, 0.5) is 15.9 Å². The molecule has 0 saturated carbocycles. The molecule has 1 aromatic carbocycles. The lowest BCUT2D eigenvalue weighted by Gasteiger charge is -2.22. The summed E-state index contributed by atoms with van der Waals surface area (Å²) in [6.45, 7) is 3.63. The third-order valence-electron chi connectivity index (χ3n) is 5.47. The molecule has 4 rings (SSSR count). The van der Waals surface area contributed by atoms with Gasteiger partial charge in [0.1, 0.15) is 11.6 Å². The van der Waals surface area contributed by atoms with Crippen molar-refractivity contribution in [2.75, 3.05) is 31.5 Å². The third kappa shape index (κ3) is 4.74. The van der Waals surface area contributed by atoms with Gasteiger partial charge in [-0.2, -0.15) is 0 Å². The number of aromatic nitrogens is 1. The first-order chi connectivity index (χ1) is 12.7. The van der Waals surface area contributed by atoms with Crippen molar-refractivity contribution in [1.29, 1.82) is 0 Å². The zero-order chi connectivity index (χ0) is 17.9. The number of carbonyl (C=O) groups excluding carboxylic acids is 1. The average Bonchev–Trinajstić information content (AvgIpc) is 3.02. The standard InChI is InChI=1S/C20H23FN4O.2ClH/c21-17-5-1-2-6-18(17)24-19-16(4-3-9-23-19)20(26)25-10-7-14-12-22-13-15(14)8-11-25;;/h1-6,9,14-15,22H,7-8,10-13H2,(H,23,24);2*1H/t14-,15+;;. The monoisotopic (exact) mass is 426 g/mol. The molecular formula is C20H25Cl2FN4O. The van der Waals surface area contributed by atoms with Gasteiger partial charge in [0.25, 0.3) is 5.91 Å². The number of para-hydroxylation sites is 1. The molecule has 0 unspecified atom stereocenters. The van der Waals surface area contributed by atoms with E-state index in [-0.39, 0.29) is 36.5 Å². The maximum Gasteiger partial charge on any atom is 0.257 e. The smallest absolute Gasteiger partial charge is 0.257 e. The average molecular weight is 427 g/mol. The van der Waals surface area contributed by atoms with Gasteiger partial charge in [-0.05, 0) is 62.0 Å². The summed E-state index contributed by atoms with van der Waals surface area (Å²) in [6, 6.07) is 9.90. The summed E-state index contributed by atoms with van der Waals surface area (Å²) in [5.74, 6) is 1.32. The molecule has 2 fully saturated rings. The van der Waals surface area contributed by atoms with Gasteiger partial charge in [0, 0.05) is 19.3 Å². The van der Waals surface area contributed by atoms with Gasteiger partial charge in [-0.3, -0.25) is 4.79 Å². The van der Waals surface area contributed by atoms with Crippen LogP contribution in [0.3, 0.4) is 0 Å². The van der Waals surface area contributed by atoms with Crippen molar-refractivity contribution in [3.63, 3.8) is 0 Å². The van der Waals surface area contributed by atoms with Gasteiger partial charge in [-0.1, -0.05) is 12.1 Å². The van der Waals surface area contributed by atoms with Crippen LogP contribution >= 0.6 is 24.8 Å². The predicted molar refractivity (Wildman–Crippen MR) is 113 cm³/mol. The van der Waals surface area contributed by atoms with Crippen LogP contribution in [0.5, 0.6) is 0 Å². The molecule has 0 spiro atoms. The topological polar surface area (TPSA) is 57.3 Å². The van der Waals surface area contributed by atoms with Crippen LogP contribution in [-0.4, -0.2) is 42.0 Å². The molecule has 1 amide bonds. The normalized spacial score (nSPS) is 21.0. The maximum absolute atomic E-state index is 14.0. The van der Waals surface area contributed by atoms with Crippen LogP contribution in [0.15, 0.2) is 42.6 Å². The first kappa shape index (κ1) is 22.4. The molecule has 28 heavy (non-hydrogen) atoms. The van der Waals surface area contributed by atoms with Gasteiger partial charge in [0.15, 0.2) is 0 Å². The second-order valence-electron chi connectivity index (χ2n) is 7.05. The first-order valence-corrected chi connectivity index (χ1v) is 9.19. The molecule has 0 bridgehead atoms. The second kappa shape index (κ2) is 10.0. The molecule has 0 radical (unpaired) electrons. The Morgan fingerprint density at radius 2 is 1.75 bits per heavy atom. The highest BCUT2D eigenvalue weighted by Crippen LogP contribution is 2.29. The number of hydrogen-bond donors (Lipinski definition) is 2. The summed E-state index contributed by atoms with van der Waals surface area (Å²) in [6.07, 6.45) is 3.66. The number of pyridine rings is 1. The van der Waals surface area contributed by atoms with Crippen molar-refractivity contribution < 1.29 is 9.18 Å². The number of amides is 1. The van der Waals surface area contributed by atoms with Crippen molar-refractivity contribution >= 4 is 42.2 Å². The molecule has 2 aromatic rings. The number of rotatable bonds is 3. The zero-order valence-electron chi connectivity index (χ0n) is 15.4. The summed E-state index contributed by atoms with van der Waals surface area (Å²) in [5.41, 5.74) is 0.803. The predicted octanol–water partition coefficient (Wildman–Crippen LogP) is 3.88. The van der Waals surface area contributed by atoms with E-state index in [1.165, 1.54) is 6.07 Å². The van der Waals surface area contributed by atoms with E-state index < -0.39 is 0 Å². The fraction of sp³-hybridized carbons (Fsp3) is 0.400. The van der Waals surface area contributed by atoms with Gasteiger partial charge in [-0.15, -0.1) is 24.8 Å². The number of benzene rings is 1. The molecule has 152 valence electrons. The summed E-state index contributed by atoms with van der Waals surface area (Å²) < 4.78 is 14.0. The first-order valence-electron chi connectivity index (χ1n) is 9.19. The third-order valence-corrected chi connectivity index (χ3v) is 5.47. The van der Waals surface area contributed by atoms with Crippen LogP contribution in [0.25, 0.3) is 0 Å². The van der Waals surface area contributed by atoms with Crippen LogP contribution in [0, 0.1) is 17.7 Å². The van der Waals surface area contributed by atoms with Crippen molar-refractivity contribution in [2.24, 2.45) is 11.8 Å². The van der Waals surface area contributed by atoms with E-state index >= 15 is 0 Å². The van der Waals surface area contributed by atoms with Gasteiger partial charge < -0.3 is 15.5 Å². The van der Waals surface area contributed by atoms with Gasteiger partial charge in [-0.25, -0.2) is 9.37 Å². The number of hydrogen-bond acceptors (Lipinski definition) is 4. The Labute approximate surface area is 176 Å². The molecule has 0 aliphatic carbocycles. The summed E-state index contributed by atoms with van der Waals surface area (Å²) in [4.78, 5) is 19.3. The van der Waals surface area contributed by atoms with Crippen LogP contribution in [0.1, 0.15) is 23.2 Å². The van der Waals surface area contributed by atoms with E-state index in [2.05, 4.69) is 15.6 Å². The van der Waals surface area contributed by atoms with E-state index in [1.54, 1.807) is 36.5 Å². The molecular weight excluding hydrogens is 402 g/mol. The van der Waals surface area contributed by atoms with Crippen molar-refractivity contribution in [1.82, 2.24) is 15.2 Å². The minimum Gasteiger partial charge on any atom is -0.339 e. The van der Waals surface area contributed by atoms with Crippen LogP contribution < -0.4 is 10.6 Å². The Hall–Kier alpha value is -1.89. The number of carbonyl (C=O) groups is 1. The fourth-order valence-electron chi connectivity index (χ4n) is 3.96. The maximum atomic E-state index is 14.0. The highest BCUT2D eigenvalue weighted by molar-refractivity contribution is 5.99. The SMILES string of the molecule is Cl.Cl.O=C(c1cccnc1Nc1ccccc1F)N1CC[C@@H]2CNC[C@@H]2CC1. The minimum absolute atomic E-state index is 0. The van der Waals surface area contributed by atoms with E-state index in [9.17, 15) is 9.18 Å². The van der Waals surface area contributed by atoms with Crippen molar-refractivity contribution in [3.8, 4) is 0 Å². The van der Waals surface area contributed by atoms with Gasteiger partial charge in [0.2, 0.25) is 0 Å². The summed E-state index contributed by atoms with van der Waals surface area (Å²) in [7, 11) is 0. The van der Waals surface area contributed by atoms with Gasteiger partial charge >= 0.3 is 0 Å². The van der Waals surface area contributed by atoms with E-state index in [0.717, 1.165) is 39.0 Å². The van der Waals surface area contributed by atoms with E-state index in [4.69, 9.17) is 0 Å². The Kier molecular flexibility index (Phi) is 8.04. The number of nitrogens with one attached hydrogen (secondary N) is 2. The molecule has 8 heteroatoms. The molecule has 3 heterocycles. The quantitative estimate of drug-likeness (QED) is 0.781. The highest BCUT2D eigenvalue weighted by Gasteiger charge is 2.32. The second-order valence-corrected chi connectivity index (χ2v) is 7.05. The fourth-order valence-corrected chi connectivity index (χ4v) is 3.96. The Morgan fingerprint density at radius 3 is 2.43 bits per heavy atom.